The molecule has 0 saturated carbocycles. The van der Waals surface area contributed by atoms with Crippen molar-refractivity contribution in [3.8, 4) is 0 Å². The normalized spacial score (nSPS) is 15.5. The lowest BCUT2D eigenvalue weighted by Crippen LogP contribution is -2.46. The average Bonchev–Trinajstić information content (AvgIpc) is 3.05. The summed E-state index contributed by atoms with van der Waals surface area (Å²) in [7, 11) is 1.35. The van der Waals surface area contributed by atoms with Gasteiger partial charge in [0.25, 0.3) is 0 Å². The van der Waals surface area contributed by atoms with Crippen LogP contribution in [0, 0.1) is 6.92 Å². The average molecular weight is 349 g/mol. The second kappa shape index (κ2) is 7.28. The molecule has 2 aromatic rings. The molecule has 0 amide bonds. The number of ether oxygens (including phenoxy) is 1. The summed E-state index contributed by atoms with van der Waals surface area (Å²) in [6.07, 6.45) is 0. The maximum atomic E-state index is 11.4. The highest BCUT2D eigenvalue weighted by Gasteiger charge is 2.20. The van der Waals surface area contributed by atoms with Gasteiger partial charge in [-0.05, 0) is 36.8 Å². The van der Waals surface area contributed by atoms with Gasteiger partial charge in [-0.1, -0.05) is 17.7 Å². The number of aryl methyl sites for hydroxylation is 1. The molecule has 1 saturated heterocycles. The maximum absolute atomic E-state index is 11.4. The number of benzene rings is 1. The molecule has 0 bridgehead atoms. The Balaban J connectivity index is 1.58. The van der Waals surface area contributed by atoms with Crippen LogP contribution in [0.25, 0.3) is 0 Å². The number of furan rings is 1. The van der Waals surface area contributed by atoms with Gasteiger partial charge < -0.3 is 14.1 Å². The first-order valence-corrected chi connectivity index (χ1v) is 8.35. The zero-order valence-electron chi connectivity index (χ0n) is 13.9. The van der Waals surface area contributed by atoms with Crippen molar-refractivity contribution in [3.63, 3.8) is 0 Å². The van der Waals surface area contributed by atoms with E-state index in [0.717, 1.165) is 37.0 Å². The van der Waals surface area contributed by atoms with E-state index >= 15 is 0 Å². The Morgan fingerprint density at radius 1 is 1.21 bits per heavy atom. The fraction of sp³-hybridized carbons (Fsp3) is 0.389. The first kappa shape index (κ1) is 16.9. The number of carbonyl (C=O) groups is 1. The number of anilines is 1. The molecule has 128 valence electrons. The Morgan fingerprint density at radius 3 is 2.67 bits per heavy atom. The molecule has 24 heavy (non-hydrogen) atoms. The van der Waals surface area contributed by atoms with E-state index in [2.05, 4.69) is 27.5 Å². The Morgan fingerprint density at radius 2 is 1.96 bits per heavy atom. The van der Waals surface area contributed by atoms with Crippen LogP contribution in [-0.4, -0.2) is 44.2 Å². The van der Waals surface area contributed by atoms with E-state index in [0.29, 0.717) is 6.54 Å². The summed E-state index contributed by atoms with van der Waals surface area (Å²) >= 11 is 6.12. The molecule has 3 rings (SSSR count). The van der Waals surface area contributed by atoms with Gasteiger partial charge in [0.05, 0.1) is 13.7 Å². The van der Waals surface area contributed by atoms with Crippen LogP contribution in [0.1, 0.15) is 21.9 Å². The van der Waals surface area contributed by atoms with E-state index < -0.39 is 5.97 Å². The topological polar surface area (TPSA) is 45.9 Å². The molecule has 1 aromatic carbocycles. The van der Waals surface area contributed by atoms with Crippen LogP contribution >= 0.6 is 11.6 Å². The number of methoxy groups -OCH3 is 1. The fourth-order valence-electron chi connectivity index (χ4n) is 2.96. The van der Waals surface area contributed by atoms with Crippen LogP contribution in [0.2, 0.25) is 5.02 Å². The number of halogens is 1. The number of nitrogens with zero attached hydrogens (tertiary/aromatic N) is 2. The molecule has 1 aliphatic rings. The number of piperazine rings is 1. The molecular weight excluding hydrogens is 328 g/mol. The zero-order valence-corrected chi connectivity index (χ0v) is 14.7. The van der Waals surface area contributed by atoms with Gasteiger partial charge in [0.2, 0.25) is 5.76 Å². The van der Waals surface area contributed by atoms with E-state index in [9.17, 15) is 4.79 Å². The Labute approximate surface area is 146 Å². The van der Waals surface area contributed by atoms with Gasteiger partial charge in [-0.25, -0.2) is 4.79 Å². The lowest BCUT2D eigenvalue weighted by molar-refractivity contribution is 0.0561. The van der Waals surface area contributed by atoms with E-state index in [4.69, 9.17) is 16.0 Å². The minimum absolute atomic E-state index is 0.251. The van der Waals surface area contributed by atoms with E-state index in [1.165, 1.54) is 18.4 Å². The van der Waals surface area contributed by atoms with E-state index in [-0.39, 0.29) is 5.76 Å². The first-order chi connectivity index (χ1) is 11.6. The van der Waals surface area contributed by atoms with Crippen molar-refractivity contribution in [2.75, 3.05) is 38.2 Å². The predicted molar refractivity (Wildman–Crippen MR) is 93.7 cm³/mol. The molecule has 0 N–H and O–H groups in total. The third-order valence-electron chi connectivity index (χ3n) is 4.31. The number of carbonyl (C=O) groups excluding carboxylic acids is 1. The Hall–Kier alpha value is -1.98. The minimum Gasteiger partial charge on any atom is -0.463 e. The lowest BCUT2D eigenvalue weighted by atomic mass is 10.1. The molecule has 2 heterocycles. The highest BCUT2D eigenvalue weighted by molar-refractivity contribution is 6.30. The molecule has 0 atom stereocenters. The molecule has 0 unspecified atom stereocenters. The van der Waals surface area contributed by atoms with Crippen molar-refractivity contribution in [3.05, 3.63) is 52.4 Å². The minimum atomic E-state index is -0.442. The summed E-state index contributed by atoms with van der Waals surface area (Å²) in [5.74, 6) is 0.589. The predicted octanol–water partition coefficient (Wildman–Crippen LogP) is 3.35. The van der Waals surface area contributed by atoms with E-state index in [1.54, 1.807) is 6.07 Å². The van der Waals surface area contributed by atoms with Crippen molar-refractivity contribution in [1.29, 1.82) is 0 Å². The van der Waals surface area contributed by atoms with Crippen LogP contribution in [0.15, 0.2) is 34.7 Å². The molecule has 1 fully saturated rings. The van der Waals surface area contributed by atoms with Gasteiger partial charge in [0.15, 0.2) is 0 Å². The SMILES string of the molecule is COC(=O)c1ccc(CN2CCN(c3cc(Cl)ccc3C)CC2)o1. The first-order valence-electron chi connectivity index (χ1n) is 7.97. The summed E-state index contributed by atoms with van der Waals surface area (Å²) in [4.78, 5) is 16.1. The highest BCUT2D eigenvalue weighted by atomic mass is 35.5. The number of hydrogen-bond acceptors (Lipinski definition) is 5. The van der Waals surface area contributed by atoms with Crippen molar-refractivity contribution in [2.24, 2.45) is 0 Å². The largest absolute Gasteiger partial charge is 0.463 e. The van der Waals surface area contributed by atoms with Crippen molar-refractivity contribution in [1.82, 2.24) is 4.90 Å². The zero-order chi connectivity index (χ0) is 17.1. The van der Waals surface area contributed by atoms with E-state index in [1.807, 2.05) is 18.2 Å². The van der Waals surface area contributed by atoms with Gasteiger partial charge in [0.1, 0.15) is 5.76 Å². The van der Waals surface area contributed by atoms with Gasteiger partial charge in [-0.3, -0.25) is 4.90 Å². The van der Waals surface area contributed by atoms with Crippen LogP contribution in [0.3, 0.4) is 0 Å². The molecule has 1 aromatic heterocycles. The third kappa shape index (κ3) is 3.74. The second-order valence-electron chi connectivity index (χ2n) is 5.95. The van der Waals surface area contributed by atoms with Crippen LogP contribution in [0.4, 0.5) is 5.69 Å². The van der Waals surface area contributed by atoms with Crippen molar-refractivity contribution < 1.29 is 13.9 Å². The Bertz CT molecular complexity index is 721. The summed E-state index contributed by atoms with van der Waals surface area (Å²) in [5, 5.41) is 0.768. The summed E-state index contributed by atoms with van der Waals surface area (Å²) in [6, 6.07) is 9.50. The number of rotatable bonds is 4. The maximum Gasteiger partial charge on any atom is 0.373 e. The van der Waals surface area contributed by atoms with Crippen molar-refractivity contribution in [2.45, 2.75) is 13.5 Å². The molecular formula is C18H21ClN2O3. The number of esters is 1. The highest BCUT2D eigenvalue weighted by Crippen LogP contribution is 2.25. The Kier molecular flexibility index (Phi) is 5.11. The monoisotopic (exact) mass is 348 g/mol. The fourth-order valence-corrected chi connectivity index (χ4v) is 3.13. The quantitative estimate of drug-likeness (QED) is 0.793. The van der Waals surface area contributed by atoms with Crippen LogP contribution in [0.5, 0.6) is 0 Å². The van der Waals surface area contributed by atoms with Crippen LogP contribution < -0.4 is 4.90 Å². The van der Waals surface area contributed by atoms with Gasteiger partial charge >= 0.3 is 5.97 Å². The molecule has 6 heteroatoms. The molecule has 0 aliphatic carbocycles. The smallest absolute Gasteiger partial charge is 0.373 e. The second-order valence-corrected chi connectivity index (χ2v) is 6.39. The summed E-state index contributed by atoms with van der Waals surface area (Å²) < 4.78 is 10.2. The summed E-state index contributed by atoms with van der Waals surface area (Å²) in [5.41, 5.74) is 2.44. The van der Waals surface area contributed by atoms with Gasteiger partial charge in [-0.2, -0.15) is 0 Å². The third-order valence-corrected chi connectivity index (χ3v) is 4.55. The number of hydrogen-bond donors (Lipinski definition) is 0. The van der Waals surface area contributed by atoms with Crippen LogP contribution in [-0.2, 0) is 11.3 Å². The van der Waals surface area contributed by atoms with Crippen molar-refractivity contribution >= 4 is 23.3 Å². The summed E-state index contributed by atoms with van der Waals surface area (Å²) in [6.45, 7) is 6.53. The van der Waals surface area contributed by atoms with Gasteiger partial charge in [-0.15, -0.1) is 0 Å². The molecule has 0 radical (unpaired) electrons. The standard InChI is InChI=1S/C18H21ClN2O3/c1-13-3-4-14(19)11-16(13)21-9-7-20(8-10-21)12-15-5-6-17(24-15)18(22)23-2/h3-6,11H,7-10,12H2,1-2H3. The lowest BCUT2D eigenvalue weighted by Gasteiger charge is -2.36. The molecule has 1 aliphatic heterocycles. The van der Waals surface area contributed by atoms with Gasteiger partial charge in [0, 0.05) is 36.9 Å². The molecule has 0 spiro atoms. The molecule has 5 nitrogen and oxygen atoms in total.